The fourth-order valence-corrected chi connectivity index (χ4v) is 4.07. The van der Waals surface area contributed by atoms with Crippen molar-refractivity contribution in [2.45, 2.75) is 12.5 Å². The molecule has 2 heterocycles. The molecule has 0 unspecified atom stereocenters. The van der Waals surface area contributed by atoms with E-state index >= 15 is 0 Å². The molecule has 2 N–H and O–H groups in total. The van der Waals surface area contributed by atoms with Gasteiger partial charge in [0.2, 0.25) is 5.91 Å². The van der Waals surface area contributed by atoms with E-state index in [0.29, 0.717) is 0 Å². The number of amides is 1. The van der Waals surface area contributed by atoms with E-state index in [0.717, 1.165) is 15.3 Å². The van der Waals surface area contributed by atoms with E-state index in [2.05, 4.69) is 5.32 Å². The highest BCUT2D eigenvalue weighted by Gasteiger charge is 2.13. The van der Waals surface area contributed by atoms with Crippen molar-refractivity contribution >= 4 is 28.6 Å². The molecule has 6 heteroatoms. The van der Waals surface area contributed by atoms with Gasteiger partial charge < -0.3 is 10.4 Å². The number of benzene rings is 1. The van der Waals surface area contributed by atoms with Crippen LogP contribution in [0.2, 0.25) is 0 Å². The SMILES string of the molecule is O=C(Cc1ccc(F)cc1)NC[C@@H](O)c1ccc(-c2cccs2)s1. The van der Waals surface area contributed by atoms with Crippen LogP contribution >= 0.6 is 22.7 Å². The zero-order valence-corrected chi connectivity index (χ0v) is 14.4. The minimum absolute atomic E-state index is 0.157. The van der Waals surface area contributed by atoms with Crippen LogP contribution in [0.4, 0.5) is 4.39 Å². The van der Waals surface area contributed by atoms with Crippen molar-refractivity contribution < 1.29 is 14.3 Å². The second kappa shape index (κ2) is 7.70. The summed E-state index contributed by atoms with van der Waals surface area (Å²) in [6.07, 6.45) is -0.571. The summed E-state index contributed by atoms with van der Waals surface area (Å²) in [5.74, 6) is -0.524. The number of carbonyl (C=O) groups excluding carboxylic acids is 1. The van der Waals surface area contributed by atoms with E-state index in [4.69, 9.17) is 0 Å². The van der Waals surface area contributed by atoms with Crippen molar-refractivity contribution in [1.29, 1.82) is 0 Å². The lowest BCUT2D eigenvalue weighted by molar-refractivity contribution is -0.120. The van der Waals surface area contributed by atoms with Crippen molar-refractivity contribution in [3.05, 3.63) is 70.2 Å². The second-order valence-corrected chi connectivity index (χ2v) is 7.37. The van der Waals surface area contributed by atoms with Gasteiger partial charge in [-0.1, -0.05) is 18.2 Å². The van der Waals surface area contributed by atoms with Gasteiger partial charge >= 0.3 is 0 Å². The Morgan fingerprint density at radius 3 is 2.62 bits per heavy atom. The summed E-state index contributed by atoms with van der Waals surface area (Å²) in [4.78, 5) is 15.0. The maximum absolute atomic E-state index is 12.8. The molecule has 124 valence electrons. The molecule has 0 saturated heterocycles. The molecular formula is C18H16FNO2S2. The average molecular weight is 361 g/mol. The first-order valence-electron chi connectivity index (χ1n) is 7.44. The van der Waals surface area contributed by atoms with E-state index in [1.165, 1.54) is 28.3 Å². The van der Waals surface area contributed by atoms with Gasteiger partial charge in [-0.2, -0.15) is 0 Å². The van der Waals surface area contributed by atoms with Crippen LogP contribution in [-0.4, -0.2) is 17.6 Å². The van der Waals surface area contributed by atoms with Gasteiger partial charge in [-0.05, 0) is 41.3 Å². The summed E-state index contributed by atoms with van der Waals surface area (Å²) in [6.45, 7) is 0.157. The highest BCUT2D eigenvalue weighted by Crippen LogP contribution is 2.33. The number of carbonyl (C=O) groups is 1. The van der Waals surface area contributed by atoms with Crippen LogP contribution in [-0.2, 0) is 11.2 Å². The average Bonchev–Trinajstić information content (AvgIpc) is 3.25. The summed E-state index contributed by atoms with van der Waals surface area (Å²) < 4.78 is 12.8. The zero-order chi connectivity index (χ0) is 16.9. The number of aliphatic hydroxyl groups is 1. The molecule has 0 aliphatic rings. The number of hydrogen-bond acceptors (Lipinski definition) is 4. The summed E-state index contributed by atoms with van der Waals surface area (Å²) in [5.41, 5.74) is 0.736. The Kier molecular flexibility index (Phi) is 5.40. The standard InChI is InChI=1S/C18H16FNO2S2/c19-13-5-3-12(4-6-13)10-18(22)20-11-14(21)15-7-8-17(24-15)16-2-1-9-23-16/h1-9,14,21H,10-11H2,(H,20,22)/t14-/m1/s1. The number of hydrogen-bond donors (Lipinski definition) is 2. The third kappa shape index (κ3) is 4.29. The van der Waals surface area contributed by atoms with Crippen molar-refractivity contribution in [3.63, 3.8) is 0 Å². The topological polar surface area (TPSA) is 49.3 Å². The predicted molar refractivity (Wildman–Crippen MR) is 95.7 cm³/mol. The smallest absolute Gasteiger partial charge is 0.224 e. The molecule has 1 aromatic carbocycles. The van der Waals surface area contributed by atoms with Crippen molar-refractivity contribution in [2.24, 2.45) is 0 Å². The molecule has 0 radical (unpaired) electrons. The largest absolute Gasteiger partial charge is 0.386 e. The minimum atomic E-state index is -0.735. The van der Waals surface area contributed by atoms with Gasteiger partial charge in [-0.3, -0.25) is 4.79 Å². The summed E-state index contributed by atoms with van der Waals surface area (Å²) in [5, 5.41) is 15.0. The number of halogens is 1. The Bertz CT molecular complexity index is 797. The molecule has 0 fully saturated rings. The van der Waals surface area contributed by atoms with E-state index in [-0.39, 0.29) is 24.7 Å². The van der Waals surface area contributed by atoms with Crippen molar-refractivity contribution in [3.8, 4) is 9.75 Å². The lowest BCUT2D eigenvalue weighted by Gasteiger charge is -2.10. The highest BCUT2D eigenvalue weighted by atomic mass is 32.1. The zero-order valence-electron chi connectivity index (χ0n) is 12.7. The summed E-state index contributed by atoms with van der Waals surface area (Å²) >= 11 is 3.18. The van der Waals surface area contributed by atoms with Crippen LogP contribution in [0.3, 0.4) is 0 Å². The monoisotopic (exact) mass is 361 g/mol. The molecule has 0 spiro atoms. The van der Waals surface area contributed by atoms with Gasteiger partial charge in [0.15, 0.2) is 0 Å². The fraction of sp³-hybridized carbons (Fsp3) is 0.167. The van der Waals surface area contributed by atoms with Gasteiger partial charge in [0, 0.05) is 21.2 Å². The Balaban J connectivity index is 1.52. The summed E-state index contributed by atoms with van der Waals surface area (Å²) in [6, 6.07) is 13.7. The number of rotatable bonds is 6. The van der Waals surface area contributed by atoms with Gasteiger partial charge in [-0.25, -0.2) is 4.39 Å². The second-order valence-electron chi connectivity index (χ2n) is 5.30. The molecule has 1 amide bonds. The van der Waals surface area contributed by atoms with Gasteiger partial charge in [-0.15, -0.1) is 22.7 Å². The number of thiophene rings is 2. The van der Waals surface area contributed by atoms with Crippen molar-refractivity contribution in [2.75, 3.05) is 6.54 Å². The number of aliphatic hydroxyl groups excluding tert-OH is 1. The molecule has 0 bridgehead atoms. The third-order valence-electron chi connectivity index (χ3n) is 3.49. The maximum atomic E-state index is 12.8. The van der Waals surface area contributed by atoms with Crippen LogP contribution in [0.15, 0.2) is 53.9 Å². The van der Waals surface area contributed by atoms with Crippen LogP contribution < -0.4 is 5.32 Å². The normalized spacial score (nSPS) is 12.1. The highest BCUT2D eigenvalue weighted by molar-refractivity contribution is 7.21. The van der Waals surface area contributed by atoms with Gasteiger partial charge in [0.1, 0.15) is 11.9 Å². The molecule has 3 rings (SSSR count). The van der Waals surface area contributed by atoms with E-state index in [1.807, 2.05) is 29.6 Å². The predicted octanol–water partition coefficient (Wildman–Crippen LogP) is 4.01. The third-order valence-corrected chi connectivity index (χ3v) is 5.74. The Morgan fingerprint density at radius 1 is 1.12 bits per heavy atom. The Hall–Kier alpha value is -2.02. The molecule has 2 aromatic heterocycles. The quantitative estimate of drug-likeness (QED) is 0.697. The number of nitrogens with one attached hydrogen (secondary N) is 1. The van der Waals surface area contributed by atoms with E-state index in [9.17, 15) is 14.3 Å². The molecule has 3 nitrogen and oxygen atoms in total. The first-order chi connectivity index (χ1) is 11.6. The molecule has 24 heavy (non-hydrogen) atoms. The van der Waals surface area contributed by atoms with Crippen LogP contribution in [0.5, 0.6) is 0 Å². The lowest BCUT2D eigenvalue weighted by Crippen LogP contribution is -2.29. The van der Waals surface area contributed by atoms with Gasteiger partial charge in [0.05, 0.1) is 6.42 Å². The molecular weight excluding hydrogens is 345 g/mol. The van der Waals surface area contributed by atoms with E-state index < -0.39 is 6.10 Å². The van der Waals surface area contributed by atoms with Crippen LogP contribution in [0.25, 0.3) is 9.75 Å². The summed E-state index contributed by atoms with van der Waals surface area (Å²) in [7, 11) is 0. The molecule has 0 aliphatic carbocycles. The Labute approximate surface area is 147 Å². The van der Waals surface area contributed by atoms with Gasteiger partial charge in [0.25, 0.3) is 0 Å². The Morgan fingerprint density at radius 2 is 1.92 bits per heavy atom. The van der Waals surface area contributed by atoms with Crippen LogP contribution in [0, 0.1) is 5.82 Å². The van der Waals surface area contributed by atoms with Crippen molar-refractivity contribution in [1.82, 2.24) is 5.32 Å². The van der Waals surface area contributed by atoms with E-state index in [1.54, 1.807) is 23.5 Å². The first kappa shape index (κ1) is 16.8. The fourth-order valence-electron chi connectivity index (χ4n) is 2.24. The molecule has 0 saturated carbocycles. The minimum Gasteiger partial charge on any atom is -0.386 e. The molecule has 3 aromatic rings. The molecule has 1 atom stereocenters. The lowest BCUT2D eigenvalue weighted by atomic mass is 10.1. The molecule has 0 aliphatic heterocycles. The van der Waals surface area contributed by atoms with Crippen LogP contribution in [0.1, 0.15) is 16.5 Å². The first-order valence-corrected chi connectivity index (χ1v) is 9.14. The maximum Gasteiger partial charge on any atom is 0.224 e.